The summed E-state index contributed by atoms with van der Waals surface area (Å²) in [6.45, 7) is 4.79. The van der Waals surface area contributed by atoms with Crippen molar-refractivity contribution < 1.29 is 19.0 Å². The van der Waals surface area contributed by atoms with Crippen LogP contribution in [0.3, 0.4) is 0 Å². The number of aromatic nitrogens is 2. The van der Waals surface area contributed by atoms with Crippen LogP contribution in [0.2, 0.25) is 0 Å². The van der Waals surface area contributed by atoms with Gasteiger partial charge in [-0.1, -0.05) is 18.2 Å². The average molecular weight is 422 g/mol. The third kappa shape index (κ3) is 5.22. The predicted molar refractivity (Wildman–Crippen MR) is 115 cm³/mol. The van der Waals surface area contributed by atoms with Gasteiger partial charge in [0.25, 0.3) is 0 Å². The van der Waals surface area contributed by atoms with E-state index in [1.165, 1.54) is 18.2 Å². The highest BCUT2D eigenvalue weighted by molar-refractivity contribution is 5.88. The summed E-state index contributed by atoms with van der Waals surface area (Å²) in [7, 11) is 0. The van der Waals surface area contributed by atoms with Gasteiger partial charge in [-0.05, 0) is 37.3 Å². The third-order valence-corrected chi connectivity index (χ3v) is 5.11. The van der Waals surface area contributed by atoms with Crippen LogP contribution < -0.4 is 5.32 Å². The molecule has 0 bridgehead atoms. The Morgan fingerprint density at radius 2 is 2.06 bits per heavy atom. The summed E-state index contributed by atoms with van der Waals surface area (Å²) in [5, 5.41) is 12.1. The number of benzene rings is 2. The molecule has 7 nitrogen and oxygen atoms in total. The Kier molecular flexibility index (Phi) is 6.20. The monoisotopic (exact) mass is 422 g/mol. The molecule has 0 amide bonds. The van der Waals surface area contributed by atoms with Gasteiger partial charge in [-0.3, -0.25) is 4.90 Å². The van der Waals surface area contributed by atoms with Gasteiger partial charge in [0.1, 0.15) is 5.82 Å². The van der Waals surface area contributed by atoms with Gasteiger partial charge in [-0.25, -0.2) is 19.2 Å². The number of nitrogens with zero attached hydrogens (tertiary/aromatic N) is 3. The lowest BCUT2D eigenvalue weighted by molar-refractivity contribution is -0.0215. The number of anilines is 2. The Labute approximate surface area is 179 Å². The van der Waals surface area contributed by atoms with E-state index in [9.17, 15) is 9.18 Å². The van der Waals surface area contributed by atoms with Crippen LogP contribution in [0.4, 0.5) is 16.0 Å². The number of nitrogens with one attached hydrogen (secondary N) is 1. The Hall–Kier alpha value is -3.36. The van der Waals surface area contributed by atoms with Gasteiger partial charge in [-0.15, -0.1) is 0 Å². The Balaban J connectivity index is 1.46. The van der Waals surface area contributed by atoms with Crippen LogP contribution >= 0.6 is 0 Å². The molecule has 2 aromatic carbocycles. The van der Waals surface area contributed by atoms with Crippen molar-refractivity contribution in [3.8, 4) is 11.3 Å². The fourth-order valence-electron chi connectivity index (χ4n) is 3.52. The molecule has 0 saturated carbocycles. The number of rotatable bonds is 6. The third-order valence-electron chi connectivity index (χ3n) is 5.11. The zero-order valence-corrected chi connectivity index (χ0v) is 17.1. The lowest BCUT2D eigenvalue weighted by atomic mass is 10.1. The number of hydrogen-bond acceptors (Lipinski definition) is 6. The highest BCUT2D eigenvalue weighted by atomic mass is 19.1. The molecule has 1 aliphatic heterocycles. The van der Waals surface area contributed by atoms with Gasteiger partial charge >= 0.3 is 5.97 Å². The number of halogens is 1. The van der Waals surface area contributed by atoms with Crippen molar-refractivity contribution in [3.63, 3.8) is 0 Å². The number of carbonyl (C=O) groups is 1. The summed E-state index contributed by atoms with van der Waals surface area (Å²) in [5.74, 6) is -0.941. The largest absolute Gasteiger partial charge is 0.478 e. The minimum atomic E-state index is -0.981. The van der Waals surface area contributed by atoms with Gasteiger partial charge in [0.05, 0.1) is 24.0 Å². The zero-order chi connectivity index (χ0) is 21.8. The van der Waals surface area contributed by atoms with Crippen LogP contribution in [0.5, 0.6) is 0 Å². The fraction of sp³-hybridized carbons (Fsp3) is 0.261. The SMILES string of the molecule is CC1CN(Cc2ccc(Nc3nccc(-c4ccc(C(=O)O)cc4)n3)cc2F)CCO1. The second-order valence-electron chi connectivity index (χ2n) is 7.50. The van der Waals surface area contributed by atoms with Crippen LogP contribution in [0.1, 0.15) is 22.8 Å². The number of carboxylic acid groups (broad SMARTS) is 1. The first-order chi connectivity index (χ1) is 15.0. The van der Waals surface area contributed by atoms with Gasteiger partial charge in [0, 0.05) is 42.6 Å². The van der Waals surface area contributed by atoms with E-state index in [-0.39, 0.29) is 17.5 Å². The first-order valence-corrected chi connectivity index (χ1v) is 10.0. The van der Waals surface area contributed by atoms with E-state index in [2.05, 4.69) is 20.2 Å². The van der Waals surface area contributed by atoms with Gasteiger partial charge in [0.15, 0.2) is 0 Å². The van der Waals surface area contributed by atoms with Crippen LogP contribution in [-0.4, -0.2) is 51.7 Å². The van der Waals surface area contributed by atoms with Crippen molar-refractivity contribution in [2.24, 2.45) is 0 Å². The highest BCUT2D eigenvalue weighted by Gasteiger charge is 2.18. The molecule has 0 spiro atoms. The van der Waals surface area contributed by atoms with Gasteiger partial charge in [0.2, 0.25) is 5.95 Å². The number of hydrogen-bond donors (Lipinski definition) is 2. The van der Waals surface area contributed by atoms with E-state index in [0.717, 1.165) is 18.7 Å². The lowest BCUT2D eigenvalue weighted by Gasteiger charge is -2.31. The molecule has 1 atom stereocenters. The van der Waals surface area contributed by atoms with Crippen molar-refractivity contribution in [2.45, 2.75) is 19.6 Å². The molecule has 1 fully saturated rings. The zero-order valence-electron chi connectivity index (χ0n) is 17.1. The topological polar surface area (TPSA) is 87.6 Å². The second kappa shape index (κ2) is 9.20. The van der Waals surface area contributed by atoms with E-state index in [4.69, 9.17) is 9.84 Å². The van der Waals surface area contributed by atoms with Crippen LogP contribution in [0, 0.1) is 5.82 Å². The molecule has 3 aromatic rings. The molecule has 1 aliphatic rings. The van der Waals surface area contributed by atoms with Crippen LogP contribution in [0.15, 0.2) is 54.7 Å². The van der Waals surface area contributed by atoms with E-state index < -0.39 is 5.97 Å². The lowest BCUT2D eigenvalue weighted by Crippen LogP contribution is -2.40. The summed E-state index contributed by atoms with van der Waals surface area (Å²) in [6, 6.07) is 13.2. The molecule has 1 unspecified atom stereocenters. The molecule has 2 N–H and O–H groups in total. The molecule has 0 aliphatic carbocycles. The Morgan fingerprint density at radius 1 is 1.26 bits per heavy atom. The maximum atomic E-state index is 14.7. The fourth-order valence-corrected chi connectivity index (χ4v) is 3.52. The molecule has 160 valence electrons. The van der Waals surface area contributed by atoms with E-state index in [1.807, 2.05) is 6.92 Å². The predicted octanol–water partition coefficient (Wildman–Crippen LogP) is 3.95. The van der Waals surface area contributed by atoms with Crippen molar-refractivity contribution in [3.05, 3.63) is 71.7 Å². The smallest absolute Gasteiger partial charge is 0.335 e. The molecule has 31 heavy (non-hydrogen) atoms. The van der Waals surface area contributed by atoms with Crippen molar-refractivity contribution in [1.29, 1.82) is 0 Å². The minimum Gasteiger partial charge on any atom is -0.478 e. The van der Waals surface area contributed by atoms with E-state index >= 15 is 0 Å². The number of morpholine rings is 1. The Bertz CT molecular complexity index is 1070. The highest BCUT2D eigenvalue weighted by Crippen LogP contribution is 2.22. The molecule has 2 heterocycles. The first kappa shape index (κ1) is 20.9. The van der Waals surface area contributed by atoms with Gasteiger partial charge in [-0.2, -0.15) is 0 Å². The summed E-state index contributed by atoms with van der Waals surface area (Å²) in [6.07, 6.45) is 1.75. The average Bonchev–Trinajstić information content (AvgIpc) is 2.76. The van der Waals surface area contributed by atoms with Crippen molar-refractivity contribution >= 4 is 17.6 Å². The Morgan fingerprint density at radius 3 is 2.77 bits per heavy atom. The number of aromatic carboxylic acids is 1. The summed E-state index contributed by atoms with van der Waals surface area (Å²) in [5.41, 5.74) is 2.78. The van der Waals surface area contributed by atoms with E-state index in [0.29, 0.717) is 36.0 Å². The number of carboxylic acids is 1. The summed E-state index contributed by atoms with van der Waals surface area (Å²) >= 11 is 0. The summed E-state index contributed by atoms with van der Waals surface area (Å²) < 4.78 is 20.2. The summed E-state index contributed by atoms with van der Waals surface area (Å²) in [4.78, 5) is 21.8. The first-order valence-electron chi connectivity index (χ1n) is 10.0. The van der Waals surface area contributed by atoms with Crippen molar-refractivity contribution in [2.75, 3.05) is 25.0 Å². The minimum absolute atomic E-state index is 0.155. The molecule has 1 saturated heterocycles. The maximum Gasteiger partial charge on any atom is 0.335 e. The molecule has 1 aromatic heterocycles. The number of ether oxygens (including phenoxy) is 1. The normalized spacial score (nSPS) is 16.8. The standard InChI is InChI=1S/C23H23FN4O3/c1-15-13-28(10-11-31-15)14-18-6-7-19(12-20(18)24)26-23-25-9-8-21(27-23)16-2-4-17(5-3-16)22(29)30/h2-9,12,15H,10-11,13-14H2,1H3,(H,29,30)(H,25,26,27). The second-order valence-corrected chi connectivity index (χ2v) is 7.50. The van der Waals surface area contributed by atoms with Crippen molar-refractivity contribution in [1.82, 2.24) is 14.9 Å². The van der Waals surface area contributed by atoms with Crippen LogP contribution in [0.25, 0.3) is 11.3 Å². The quantitative estimate of drug-likeness (QED) is 0.622. The van der Waals surface area contributed by atoms with Gasteiger partial charge < -0.3 is 15.2 Å². The maximum absolute atomic E-state index is 14.7. The van der Waals surface area contributed by atoms with Crippen LogP contribution in [-0.2, 0) is 11.3 Å². The molecule has 4 rings (SSSR count). The molecular weight excluding hydrogens is 399 g/mol. The van der Waals surface area contributed by atoms with E-state index in [1.54, 1.807) is 36.5 Å². The molecule has 8 heteroatoms. The molecule has 0 radical (unpaired) electrons. The molecular formula is C23H23FN4O3.